The van der Waals surface area contributed by atoms with Crippen LogP contribution >= 0.6 is 0 Å². The first-order chi connectivity index (χ1) is 12.3. The number of hydrogen-bond donors (Lipinski definition) is 0. The highest BCUT2D eigenvalue weighted by Gasteiger charge is 2.31. The summed E-state index contributed by atoms with van der Waals surface area (Å²) in [7, 11) is 0. The summed E-state index contributed by atoms with van der Waals surface area (Å²) >= 11 is 0. The molecule has 3 rings (SSSR count). The highest BCUT2D eigenvalue weighted by molar-refractivity contribution is 5.76. The molecule has 2 aromatic rings. The lowest BCUT2D eigenvalue weighted by Gasteiger charge is -2.33. The predicted octanol–water partition coefficient (Wildman–Crippen LogP) is 5.61. The molecule has 126 valence electrons. The maximum Gasteiger partial charge on any atom is 0.115 e. The number of unbranched alkanes of at least 4 members (excludes halogenated alkanes) is 1. The summed E-state index contributed by atoms with van der Waals surface area (Å²) in [5.74, 6) is 0. The molecule has 2 heteroatoms. The van der Waals surface area contributed by atoms with Crippen molar-refractivity contribution >= 4 is 5.57 Å². The van der Waals surface area contributed by atoms with E-state index in [1.807, 2.05) is 30.3 Å². The lowest BCUT2D eigenvalue weighted by Crippen LogP contribution is -2.29. The van der Waals surface area contributed by atoms with Crippen LogP contribution in [-0.4, -0.2) is 6.61 Å². The molecule has 25 heavy (non-hydrogen) atoms. The molecular formula is C23H23NO. The molecule has 0 amide bonds. The van der Waals surface area contributed by atoms with Gasteiger partial charge in [0.05, 0.1) is 11.6 Å². The maximum absolute atomic E-state index is 8.94. The SMILES string of the molecule is CCCCOC1(c2ccccc2)C=CC(c2ccc(C#N)cc2)=CC1. The van der Waals surface area contributed by atoms with Crippen molar-refractivity contribution in [3.63, 3.8) is 0 Å². The summed E-state index contributed by atoms with van der Waals surface area (Å²) in [5.41, 5.74) is 3.80. The third-order valence-electron chi connectivity index (χ3n) is 4.62. The molecule has 0 heterocycles. The van der Waals surface area contributed by atoms with E-state index in [1.54, 1.807) is 0 Å². The zero-order valence-corrected chi connectivity index (χ0v) is 14.6. The summed E-state index contributed by atoms with van der Waals surface area (Å²) in [6, 6.07) is 20.3. The van der Waals surface area contributed by atoms with Crippen LogP contribution in [0.4, 0.5) is 0 Å². The third-order valence-corrected chi connectivity index (χ3v) is 4.62. The Hall–Kier alpha value is -2.63. The average molecular weight is 329 g/mol. The molecule has 0 bridgehead atoms. The second-order valence-electron chi connectivity index (χ2n) is 6.34. The Labute approximate surface area is 150 Å². The Morgan fingerprint density at radius 1 is 1.08 bits per heavy atom. The first-order valence-corrected chi connectivity index (χ1v) is 8.87. The lowest BCUT2D eigenvalue weighted by atomic mass is 9.84. The van der Waals surface area contributed by atoms with Gasteiger partial charge in [-0.1, -0.05) is 68.0 Å². The number of nitriles is 1. The number of ether oxygens (including phenoxy) is 1. The first kappa shape index (κ1) is 17.2. The fourth-order valence-corrected chi connectivity index (χ4v) is 3.10. The van der Waals surface area contributed by atoms with Gasteiger partial charge in [-0.3, -0.25) is 0 Å². The van der Waals surface area contributed by atoms with Crippen LogP contribution in [0.25, 0.3) is 5.57 Å². The van der Waals surface area contributed by atoms with Crippen LogP contribution in [0.15, 0.2) is 72.8 Å². The Bertz CT molecular complexity index is 796. The molecule has 0 fully saturated rings. The topological polar surface area (TPSA) is 33.0 Å². The Morgan fingerprint density at radius 3 is 2.44 bits per heavy atom. The quantitative estimate of drug-likeness (QED) is 0.645. The third kappa shape index (κ3) is 3.90. The number of benzene rings is 2. The van der Waals surface area contributed by atoms with E-state index >= 15 is 0 Å². The van der Waals surface area contributed by atoms with Gasteiger partial charge in [-0.05, 0) is 41.3 Å². The zero-order chi connectivity index (χ0) is 17.5. The average Bonchev–Trinajstić information content (AvgIpc) is 2.69. The van der Waals surface area contributed by atoms with Gasteiger partial charge in [0.1, 0.15) is 5.60 Å². The van der Waals surface area contributed by atoms with Crippen molar-refractivity contribution in [1.82, 2.24) is 0 Å². The normalized spacial score (nSPS) is 19.3. The fraction of sp³-hybridized carbons (Fsp3) is 0.261. The number of rotatable bonds is 6. The summed E-state index contributed by atoms with van der Waals surface area (Å²) in [6.45, 7) is 2.94. The van der Waals surface area contributed by atoms with Gasteiger partial charge in [0.2, 0.25) is 0 Å². The molecule has 0 aromatic heterocycles. The predicted molar refractivity (Wildman–Crippen MR) is 102 cm³/mol. The summed E-state index contributed by atoms with van der Waals surface area (Å²) in [5, 5.41) is 8.94. The number of hydrogen-bond acceptors (Lipinski definition) is 2. The van der Waals surface area contributed by atoms with E-state index in [-0.39, 0.29) is 5.60 Å². The molecule has 0 spiro atoms. The fourth-order valence-electron chi connectivity index (χ4n) is 3.10. The molecule has 1 unspecified atom stereocenters. The molecular weight excluding hydrogens is 306 g/mol. The minimum absolute atomic E-state index is 0.382. The van der Waals surface area contributed by atoms with Gasteiger partial charge in [0.15, 0.2) is 0 Å². The largest absolute Gasteiger partial charge is 0.366 e. The van der Waals surface area contributed by atoms with Crippen molar-refractivity contribution < 1.29 is 4.74 Å². The van der Waals surface area contributed by atoms with E-state index in [9.17, 15) is 0 Å². The van der Waals surface area contributed by atoms with Crippen molar-refractivity contribution in [2.75, 3.05) is 6.61 Å². The Morgan fingerprint density at radius 2 is 1.84 bits per heavy atom. The van der Waals surface area contributed by atoms with E-state index in [0.717, 1.165) is 31.4 Å². The number of allylic oxidation sites excluding steroid dienone is 2. The van der Waals surface area contributed by atoms with Crippen LogP contribution in [0.5, 0.6) is 0 Å². The van der Waals surface area contributed by atoms with Crippen molar-refractivity contribution in [2.24, 2.45) is 0 Å². The van der Waals surface area contributed by atoms with Gasteiger partial charge in [-0.2, -0.15) is 5.26 Å². The van der Waals surface area contributed by atoms with E-state index in [2.05, 4.69) is 55.5 Å². The van der Waals surface area contributed by atoms with Crippen molar-refractivity contribution in [1.29, 1.82) is 5.26 Å². The summed E-state index contributed by atoms with van der Waals surface area (Å²) in [6.07, 6.45) is 9.57. The molecule has 2 aromatic carbocycles. The van der Waals surface area contributed by atoms with Crippen LogP contribution in [0.3, 0.4) is 0 Å². The van der Waals surface area contributed by atoms with Gasteiger partial charge < -0.3 is 4.74 Å². The van der Waals surface area contributed by atoms with E-state index < -0.39 is 0 Å². The van der Waals surface area contributed by atoms with Crippen LogP contribution in [0, 0.1) is 11.3 Å². The number of nitrogens with zero attached hydrogens (tertiary/aromatic N) is 1. The van der Waals surface area contributed by atoms with Gasteiger partial charge in [-0.15, -0.1) is 0 Å². The highest BCUT2D eigenvalue weighted by Crippen LogP contribution is 2.37. The van der Waals surface area contributed by atoms with Crippen molar-refractivity contribution in [2.45, 2.75) is 31.8 Å². The van der Waals surface area contributed by atoms with Crippen LogP contribution in [0.1, 0.15) is 42.9 Å². The smallest absolute Gasteiger partial charge is 0.115 e. The van der Waals surface area contributed by atoms with E-state index in [1.165, 1.54) is 11.1 Å². The van der Waals surface area contributed by atoms with Gasteiger partial charge >= 0.3 is 0 Å². The van der Waals surface area contributed by atoms with Gasteiger partial charge in [0.25, 0.3) is 0 Å². The van der Waals surface area contributed by atoms with E-state index in [0.29, 0.717) is 5.56 Å². The standard InChI is InChI=1S/C23H23NO/c1-2-3-17-25-23(22-7-5-4-6-8-22)15-13-21(14-16-23)20-11-9-19(18-24)10-12-20/h4-15H,2-3,16-17H2,1H3. The van der Waals surface area contributed by atoms with Crippen LogP contribution < -0.4 is 0 Å². The zero-order valence-electron chi connectivity index (χ0n) is 14.6. The molecule has 1 aliphatic carbocycles. The molecule has 0 radical (unpaired) electrons. The lowest BCUT2D eigenvalue weighted by molar-refractivity contribution is -0.0123. The molecule has 1 aliphatic rings. The minimum Gasteiger partial charge on any atom is -0.366 e. The molecule has 0 N–H and O–H groups in total. The van der Waals surface area contributed by atoms with Crippen molar-refractivity contribution in [3.05, 3.63) is 89.5 Å². The minimum atomic E-state index is -0.382. The van der Waals surface area contributed by atoms with Gasteiger partial charge in [-0.25, -0.2) is 0 Å². The first-order valence-electron chi connectivity index (χ1n) is 8.87. The van der Waals surface area contributed by atoms with Crippen molar-refractivity contribution in [3.8, 4) is 6.07 Å². The summed E-state index contributed by atoms with van der Waals surface area (Å²) in [4.78, 5) is 0. The van der Waals surface area contributed by atoms with E-state index in [4.69, 9.17) is 10.00 Å². The second-order valence-corrected chi connectivity index (χ2v) is 6.34. The van der Waals surface area contributed by atoms with Crippen LogP contribution in [-0.2, 0) is 10.3 Å². The second kappa shape index (κ2) is 7.96. The van der Waals surface area contributed by atoms with Crippen LogP contribution in [0.2, 0.25) is 0 Å². The molecule has 0 saturated heterocycles. The Balaban J connectivity index is 1.84. The maximum atomic E-state index is 8.94. The highest BCUT2D eigenvalue weighted by atomic mass is 16.5. The summed E-state index contributed by atoms with van der Waals surface area (Å²) < 4.78 is 6.34. The van der Waals surface area contributed by atoms with Gasteiger partial charge in [0, 0.05) is 13.0 Å². The molecule has 0 aliphatic heterocycles. The molecule has 0 saturated carbocycles. The Kier molecular flexibility index (Phi) is 5.48. The monoisotopic (exact) mass is 329 g/mol. The molecule has 2 nitrogen and oxygen atoms in total. The molecule has 1 atom stereocenters.